The number of aliphatic hydroxyl groups is 1. The zero-order valence-corrected chi connectivity index (χ0v) is 17.9. The van der Waals surface area contributed by atoms with Crippen molar-refractivity contribution in [3.05, 3.63) is 52.7 Å². The average molecular weight is 401 g/mol. The predicted molar refractivity (Wildman–Crippen MR) is 116 cm³/mol. The molecule has 0 unspecified atom stereocenters. The minimum atomic E-state index is -0.257. The van der Waals surface area contributed by atoms with Gasteiger partial charge < -0.3 is 14.4 Å². The van der Waals surface area contributed by atoms with Crippen LogP contribution in [-0.4, -0.2) is 35.0 Å². The lowest BCUT2D eigenvalue weighted by Crippen LogP contribution is -2.20. The van der Waals surface area contributed by atoms with E-state index >= 15 is 0 Å². The highest BCUT2D eigenvalue weighted by atomic mass is 35.5. The Morgan fingerprint density at radius 1 is 1.18 bits per heavy atom. The molecule has 4 nitrogen and oxygen atoms in total. The number of ether oxygens (including phenoxy) is 1. The van der Waals surface area contributed by atoms with Crippen LogP contribution in [0.4, 0.5) is 0 Å². The third kappa shape index (κ3) is 4.09. The number of pyridine rings is 1. The minimum Gasteiger partial charge on any atom is -0.396 e. The predicted octanol–water partition coefficient (Wildman–Crippen LogP) is 5.13. The molecule has 0 aliphatic rings. The molecule has 3 rings (SSSR count). The monoisotopic (exact) mass is 400 g/mol. The van der Waals surface area contributed by atoms with Gasteiger partial charge in [-0.05, 0) is 42.9 Å². The van der Waals surface area contributed by atoms with Crippen LogP contribution in [0.1, 0.15) is 31.9 Å². The molecule has 0 spiro atoms. The number of benzene rings is 1. The number of nitrogens with zero attached hydrogens (tertiary/aromatic N) is 2. The number of aromatic nitrogens is 2. The Labute approximate surface area is 172 Å². The molecule has 1 N–H and O–H groups in total. The molecule has 0 bridgehead atoms. The quantitative estimate of drug-likeness (QED) is 0.533. The highest BCUT2D eigenvalue weighted by Crippen LogP contribution is 2.39. The van der Waals surface area contributed by atoms with Crippen molar-refractivity contribution < 1.29 is 9.84 Å². The maximum absolute atomic E-state index is 9.91. The van der Waals surface area contributed by atoms with Gasteiger partial charge in [-0.1, -0.05) is 49.7 Å². The van der Waals surface area contributed by atoms with Crippen LogP contribution < -0.4 is 0 Å². The molecule has 0 amide bonds. The topological polar surface area (TPSA) is 47.3 Å². The lowest BCUT2D eigenvalue weighted by atomic mass is 9.85. The van der Waals surface area contributed by atoms with Gasteiger partial charge in [0.1, 0.15) is 5.15 Å². The lowest BCUT2D eigenvalue weighted by Gasteiger charge is -2.23. The summed E-state index contributed by atoms with van der Waals surface area (Å²) < 4.78 is 7.64. The van der Waals surface area contributed by atoms with E-state index in [2.05, 4.69) is 54.6 Å². The van der Waals surface area contributed by atoms with Gasteiger partial charge >= 0.3 is 0 Å². The molecule has 28 heavy (non-hydrogen) atoms. The summed E-state index contributed by atoms with van der Waals surface area (Å²) >= 11 is 6.26. The van der Waals surface area contributed by atoms with Gasteiger partial charge in [0.2, 0.25) is 0 Å². The first-order valence-electron chi connectivity index (χ1n) is 9.77. The molecule has 5 heteroatoms. The second kappa shape index (κ2) is 8.64. The largest absolute Gasteiger partial charge is 0.396 e. The van der Waals surface area contributed by atoms with Crippen LogP contribution in [0.5, 0.6) is 0 Å². The first-order valence-corrected chi connectivity index (χ1v) is 10.2. The van der Waals surface area contributed by atoms with Crippen molar-refractivity contribution in [2.75, 3.05) is 20.3 Å². The SMILES string of the molecule is CCn1c(-c2ccccc2CCOC)c(CC(C)(C)CO)c2nc(Cl)ccc21. The lowest BCUT2D eigenvalue weighted by molar-refractivity contribution is 0.160. The number of fused-ring (bicyclic) bond motifs is 1. The molecule has 0 radical (unpaired) electrons. The summed E-state index contributed by atoms with van der Waals surface area (Å²) in [7, 11) is 1.73. The zero-order chi connectivity index (χ0) is 20.3. The molecule has 0 aliphatic heterocycles. The van der Waals surface area contributed by atoms with Crippen molar-refractivity contribution in [3.63, 3.8) is 0 Å². The second-order valence-corrected chi connectivity index (χ2v) is 8.36. The number of methoxy groups -OCH3 is 1. The van der Waals surface area contributed by atoms with E-state index in [4.69, 9.17) is 16.3 Å². The zero-order valence-electron chi connectivity index (χ0n) is 17.1. The molecule has 0 saturated carbocycles. The van der Waals surface area contributed by atoms with Crippen LogP contribution in [-0.2, 0) is 24.1 Å². The summed E-state index contributed by atoms with van der Waals surface area (Å²) in [6.07, 6.45) is 1.56. The molecule has 0 aliphatic carbocycles. The maximum atomic E-state index is 9.91. The second-order valence-electron chi connectivity index (χ2n) is 7.97. The molecule has 3 aromatic rings. The summed E-state index contributed by atoms with van der Waals surface area (Å²) in [5.74, 6) is 0. The highest BCUT2D eigenvalue weighted by molar-refractivity contribution is 6.29. The van der Waals surface area contributed by atoms with Gasteiger partial charge in [0.15, 0.2) is 0 Å². The number of aliphatic hydroxyl groups excluding tert-OH is 1. The Morgan fingerprint density at radius 2 is 1.93 bits per heavy atom. The van der Waals surface area contributed by atoms with Gasteiger partial charge in [0.05, 0.1) is 23.3 Å². The average Bonchev–Trinajstić information content (AvgIpc) is 2.98. The molecular formula is C23H29ClN2O2. The fraction of sp³-hybridized carbons (Fsp3) is 0.435. The number of halogens is 1. The van der Waals surface area contributed by atoms with E-state index in [0.717, 1.165) is 29.6 Å². The number of hydrogen-bond donors (Lipinski definition) is 1. The Morgan fingerprint density at radius 3 is 2.61 bits per heavy atom. The van der Waals surface area contributed by atoms with Crippen LogP contribution in [0.25, 0.3) is 22.3 Å². The first-order chi connectivity index (χ1) is 13.4. The molecule has 150 valence electrons. The van der Waals surface area contributed by atoms with Crippen molar-refractivity contribution in [1.82, 2.24) is 9.55 Å². The van der Waals surface area contributed by atoms with Gasteiger partial charge in [-0.25, -0.2) is 4.98 Å². The standard InChI is InChI=1S/C23H29ClN2O2/c1-5-26-19-10-11-20(24)25-21(19)18(14-23(2,3)15-27)22(26)17-9-7-6-8-16(17)12-13-28-4/h6-11,27H,5,12-15H2,1-4H3. The molecule has 2 heterocycles. The molecule has 2 aromatic heterocycles. The van der Waals surface area contributed by atoms with Crippen molar-refractivity contribution in [2.24, 2.45) is 5.41 Å². The van der Waals surface area contributed by atoms with Crippen LogP contribution in [0.15, 0.2) is 36.4 Å². The number of rotatable bonds is 8. The fourth-order valence-corrected chi connectivity index (χ4v) is 3.93. The van der Waals surface area contributed by atoms with Crippen LogP contribution in [0, 0.1) is 5.41 Å². The maximum Gasteiger partial charge on any atom is 0.129 e. The van der Waals surface area contributed by atoms with E-state index < -0.39 is 0 Å². The molecule has 0 fully saturated rings. The summed E-state index contributed by atoms with van der Waals surface area (Å²) in [5, 5.41) is 10.4. The van der Waals surface area contributed by atoms with Crippen LogP contribution in [0.2, 0.25) is 5.15 Å². The minimum absolute atomic E-state index is 0.108. The van der Waals surface area contributed by atoms with Gasteiger partial charge in [-0.2, -0.15) is 0 Å². The summed E-state index contributed by atoms with van der Waals surface area (Å²) in [4.78, 5) is 4.68. The Kier molecular flexibility index (Phi) is 6.43. The van der Waals surface area contributed by atoms with E-state index in [1.807, 2.05) is 12.1 Å². The normalized spacial score (nSPS) is 12.1. The molecule has 1 aromatic carbocycles. The van der Waals surface area contributed by atoms with E-state index in [0.29, 0.717) is 18.2 Å². The summed E-state index contributed by atoms with van der Waals surface area (Å²) in [6.45, 7) is 7.91. The van der Waals surface area contributed by atoms with Crippen molar-refractivity contribution >= 4 is 22.6 Å². The Hall–Kier alpha value is -1.88. The molecular weight excluding hydrogens is 372 g/mol. The summed E-state index contributed by atoms with van der Waals surface area (Å²) in [5.41, 5.74) is 6.49. The van der Waals surface area contributed by atoms with Gasteiger partial charge in [-0.3, -0.25) is 0 Å². The highest BCUT2D eigenvalue weighted by Gasteiger charge is 2.26. The van der Waals surface area contributed by atoms with Crippen molar-refractivity contribution in [2.45, 2.75) is 40.2 Å². The van der Waals surface area contributed by atoms with Crippen molar-refractivity contribution in [1.29, 1.82) is 0 Å². The third-order valence-electron chi connectivity index (χ3n) is 5.22. The van der Waals surface area contributed by atoms with Crippen LogP contribution >= 0.6 is 11.6 Å². The summed E-state index contributed by atoms with van der Waals surface area (Å²) in [6, 6.07) is 12.4. The van der Waals surface area contributed by atoms with Crippen molar-refractivity contribution in [3.8, 4) is 11.3 Å². The third-order valence-corrected chi connectivity index (χ3v) is 5.43. The van der Waals surface area contributed by atoms with E-state index in [1.54, 1.807) is 7.11 Å². The van der Waals surface area contributed by atoms with E-state index in [1.165, 1.54) is 16.8 Å². The number of aryl methyl sites for hydroxylation is 1. The molecule has 0 atom stereocenters. The first kappa shape index (κ1) is 20.8. The Bertz CT molecular complexity index is 963. The van der Waals surface area contributed by atoms with E-state index in [9.17, 15) is 5.11 Å². The molecule has 0 saturated heterocycles. The number of hydrogen-bond acceptors (Lipinski definition) is 3. The van der Waals surface area contributed by atoms with Crippen LogP contribution in [0.3, 0.4) is 0 Å². The van der Waals surface area contributed by atoms with Gasteiger partial charge in [-0.15, -0.1) is 0 Å². The van der Waals surface area contributed by atoms with Gasteiger partial charge in [0.25, 0.3) is 0 Å². The van der Waals surface area contributed by atoms with E-state index in [-0.39, 0.29) is 12.0 Å². The fourth-order valence-electron chi connectivity index (χ4n) is 3.78. The van der Waals surface area contributed by atoms with Gasteiger partial charge in [0, 0.05) is 31.4 Å². The Balaban J connectivity index is 2.32. The smallest absolute Gasteiger partial charge is 0.129 e.